The lowest BCUT2D eigenvalue weighted by Gasteiger charge is -2.10. The molecule has 2 N–H and O–H groups in total. The molecule has 8 nitrogen and oxygen atoms in total. The van der Waals surface area contributed by atoms with Gasteiger partial charge >= 0.3 is 11.9 Å². The number of aromatic amines is 1. The summed E-state index contributed by atoms with van der Waals surface area (Å²) >= 11 is 0. The summed E-state index contributed by atoms with van der Waals surface area (Å²) in [5.74, 6) is -1.55. The number of hydrogen-bond donors (Lipinski definition) is 2. The summed E-state index contributed by atoms with van der Waals surface area (Å²) in [4.78, 5) is 44.9. The Hall–Kier alpha value is -3.42. The molecule has 0 saturated carbocycles. The lowest BCUT2D eigenvalue weighted by molar-refractivity contribution is -0.147. The lowest BCUT2D eigenvalue weighted by atomic mass is 10.1. The number of ether oxygens (including phenoxy) is 2. The molecule has 0 aliphatic rings. The second-order valence-electron chi connectivity index (χ2n) is 8.87. The van der Waals surface area contributed by atoms with Gasteiger partial charge in [-0.3, -0.25) is 9.78 Å². The Kier molecular flexibility index (Phi) is 12.4. The highest BCUT2D eigenvalue weighted by Gasteiger charge is 2.22. The number of H-pyrrole nitrogens is 1. The van der Waals surface area contributed by atoms with Crippen LogP contribution in [0.15, 0.2) is 41.0 Å². The first-order chi connectivity index (χ1) is 17.3. The van der Waals surface area contributed by atoms with Crippen LogP contribution in [0.5, 0.6) is 0 Å². The second kappa shape index (κ2) is 15.5. The van der Waals surface area contributed by atoms with Crippen LogP contribution < -0.4 is 10.9 Å². The molecule has 8 heteroatoms. The van der Waals surface area contributed by atoms with Crippen molar-refractivity contribution in [3.05, 3.63) is 57.9 Å². The number of rotatable bonds is 15. The Morgan fingerprint density at radius 3 is 1.94 bits per heavy atom. The van der Waals surface area contributed by atoms with Crippen LogP contribution >= 0.6 is 0 Å². The molecule has 0 atom stereocenters. The highest BCUT2D eigenvalue weighted by Crippen LogP contribution is 2.21. The standard InChI is InChI=1S/C28H39N3O5/c1-5-7-9-11-13-35-27(33)24(28(34)36-14-12-10-8-6-2)19-29-25-17-23(18-30-26(25)32)22-15-20(3)31-21(4)16-22/h15-19,29H,5-14H2,1-4H3,(H,30,32). The van der Waals surface area contributed by atoms with E-state index in [1.807, 2.05) is 26.0 Å². The predicted molar refractivity (Wildman–Crippen MR) is 142 cm³/mol. The third-order valence-electron chi connectivity index (χ3n) is 5.59. The van der Waals surface area contributed by atoms with Crippen molar-refractivity contribution in [2.75, 3.05) is 18.5 Å². The fourth-order valence-electron chi connectivity index (χ4n) is 3.65. The molecule has 0 radical (unpaired) electrons. The first-order valence-electron chi connectivity index (χ1n) is 12.8. The Labute approximate surface area is 213 Å². The van der Waals surface area contributed by atoms with Crippen molar-refractivity contribution in [3.8, 4) is 11.1 Å². The van der Waals surface area contributed by atoms with Gasteiger partial charge in [0.15, 0.2) is 5.57 Å². The molecule has 0 aromatic carbocycles. The molecule has 0 aliphatic carbocycles. The van der Waals surface area contributed by atoms with E-state index < -0.39 is 17.5 Å². The number of anilines is 1. The van der Waals surface area contributed by atoms with E-state index in [1.54, 1.807) is 12.3 Å². The number of aromatic nitrogens is 2. The quantitative estimate of drug-likeness (QED) is 0.108. The van der Waals surface area contributed by atoms with E-state index in [0.717, 1.165) is 73.9 Å². The number of aryl methyl sites for hydroxylation is 2. The van der Waals surface area contributed by atoms with Crippen molar-refractivity contribution in [1.82, 2.24) is 9.97 Å². The van der Waals surface area contributed by atoms with Gasteiger partial charge in [0.2, 0.25) is 0 Å². The van der Waals surface area contributed by atoms with E-state index in [4.69, 9.17) is 9.47 Å². The molecule has 0 unspecified atom stereocenters. The molecular formula is C28H39N3O5. The van der Waals surface area contributed by atoms with Crippen LogP contribution in [-0.4, -0.2) is 35.1 Å². The second-order valence-corrected chi connectivity index (χ2v) is 8.87. The largest absolute Gasteiger partial charge is 0.462 e. The van der Waals surface area contributed by atoms with E-state index >= 15 is 0 Å². The normalized spacial score (nSPS) is 10.6. The molecule has 2 aromatic rings. The van der Waals surface area contributed by atoms with Gasteiger partial charge in [0.05, 0.1) is 13.2 Å². The number of carbonyl (C=O) groups excluding carboxylic acids is 2. The summed E-state index contributed by atoms with van der Waals surface area (Å²) in [6, 6.07) is 5.49. The third-order valence-corrected chi connectivity index (χ3v) is 5.59. The smallest absolute Gasteiger partial charge is 0.347 e. The van der Waals surface area contributed by atoms with Gasteiger partial charge in [-0.25, -0.2) is 9.59 Å². The van der Waals surface area contributed by atoms with Crippen LogP contribution in [-0.2, 0) is 19.1 Å². The van der Waals surface area contributed by atoms with Gasteiger partial charge in [-0.05, 0) is 50.5 Å². The maximum absolute atomic E-state index is 12.7. The van der Waals surface area contributed by atoms with Crippen molar-refractivity contribution < 1.29 is 19.1 Å². The summed E-state index contributed by atoms with van der Waals surface area (Å²) < 4.78 is 10.6. The Balaban J connectivity index is 2.20. The van der Waals surface area contributed by atoms with Crippen molar-refractivity contribution in [1.29, 1.82) is 0 Å². The van der Waals surface area contributed by atoms with Gasteiger partial charge in [-0.1, -0.05) is 52.4 Å². The first kappa shape index (κ1) is 28.8. The molecular weight excluding hydrogens is 458 g/mol. The summed E-state index contributed by atoms with van der Waals surface area (Å²) in [7, 11) is 0. The highest BCUT2D eigenvalue weighted by molar-refractivity contribution is 6.14. The minimum absolute atomic E-state index is 0.184. The molecule has 0 saturated heterocycles. The number of carbonyl (C=O) groups is 2. The number of esters is 2. The molecule has 2 rings (SSSR count). The van der Waals surface area contributed by atoms with Crippen LogP contribution in [0.25, 0.3) is 11.1 Å². The number of hydrogen-bond acceptors (Lipinski definition) is 7. The molecule has 2 heterocycles. The highest BCUT2D eigenvalue weighted by atomic mass is 16.6. The zero-order valence-corrected chi connectivity index (χ0v) is 21.9. The summed E-state index contributed by atoms with van der Waals surface area (Å²) in [5.41, 5.74) is 2.88. The fourth-order valence-corrected chi connectivity index (χ4v) is 3.65. The van der Waals surface area contributed by atoms with Crippen LogP contribution in [0.1, 0.15) is 76.6 Å². The van der Waals surface area contributed by atoms with E-state index in [9.17, 15) is 14.4 Å². The Morgan fingerprint density at radius 1 is 0.861 bits per heavy atom. The molecule has 196 valence electrons. The first-order valence-corrected chi connectivity index (χ1v) is 12.8. The van der Waals surface area contributed by atoms with Gasteiger partial charge in [0, 0.05) is 29.3 Å². The average Bonchev–Trinajstić information content (AvgIpc) is 2.84. The zero-order valence-electron chi connectivity index (χ0n) is 21.9. The van der Waals surface area contributed by atoms with Crippen molar-refractivity contribution in [2.24, 2.45) is 0 Å². The minimum atomic E-state index is -0.773. The lowest BCUT2D eigenvalue weighted by Crippen LogP contribution is -2.21. The number of nitrogens with zero attached hydrogens (tertiary/aromatic N) is 1. The van der Waals surface area contributed by atoms with Crippen LogP contribution in [0, 0.1) is 13.8 Å². The number of unbranched alkanes of at least 4 members (excludes halogenated alkanes) is 6. The minimum Gasteiger partial charge on any atom is -0.462 e. The van der Waals surface area contributed by atoms with Crippen molar-refractivity contribution >= 4 is 17.6 Å². The Morgan fingerprint density at radius 2 is 1.42 bits per heavy atom. The number of pyridine rings is 2. The summed E-state index contributed by atoms with van der Waals surface area (Å²) in [5, 5.41) is 2.81. The van der Waals surface area contributed by atoms with Crippen LogP contribution in [0.3, 0.4) is 0 Å². The van der Waals surface area contributed by atoms with Gasteiger partial charge < -0.3 is 19.8 Å². The molecule has 0 aliphatic heterocycles. The summed E-state index contributed by atoms with van der Waals surface area (Å²) in [6.45, 7) is 8.44. The maximum Gasteiger partial charge on any atom is 0.347 e. The van der Waals surface area contributed by atoms with Crippen molar-refractivity contribution in [3.63, 3.8) is 0 Å². The fraction of sp³-hybridized carbons (Fsp3) is 0.500. The molecule has 0 amide bonds. The molecule has 0 bridgehead atoms. The maximum atomic E-state index is 12.7. The van der Waals surface area contributed by atoms with Crippen molar-refractivity contribution in [2.45, 2.75) is 79.1 Å². The molecule has 0 spiro atoms. The summed E-state index contributed by atoms with van der Waals surface area (Å²) in [6.07, 6.45) is 10.4. The topological polar surface area (TPSA) is 110 Å². The molecule has 0 fully saturated rings. The predicted octanol–water partition coefficient (Wildman–Crippen LogP) is 5.60. The Bertz CT molecular complexity index is 1040. The van der Waals surface area contributed by atoms with E-state index in [1.165, 1.54) is 6.20 Å². The zero-order chi connectivity index (χ0) is 26.3. The number of nitrogens with one attached hydrogen (secondary N) is 2. The van der Waals surface area contributed by atoms with Crippen LogP contribution in [0.4, 0.5) is 5.69 Å². The van der Waals surface area contributed by atoms with Gasteiger partial charge in [0.1, 0.15) is 5.69 Å². The van der Waals surface area contributed by atoms with Gasteiger partial charge in [-0.2, -0.15) is 0 Å². The van der Waals surface area contributed by atoms with Gasteiger partial charge in [0.25, 0.3) is 5.56 Å². The van der Waals surface area contributed by atoms with E-state index in [-0.39, 0.29) is 24.5 Å². The van der Waals surface area contributed by atoms with Gasteiger partial charge in [-0.15, -0.1) is 0 Å². The molecule has 36 heavy (non-hydrogen) atoms. The average molecular weight is 498 g/mol. The third kappa shape index (κ3) is 9.68. The van der Waals surface area contributed by atoms with E-state index in [2.05, 4.69) is 29.1 Å². The van der Waals surface area contributed by atoms with Crippen LogP contribution in [0.2, 0.25) is 0 Å². The van der Waals surface area contributed by atoms with E-state index in [0.29, 0.717) is 0 Å². The SMILES string of the molecule is CCCCCCOC(=O)C(=CNc1cc(-c2cc(C)nc(C)c2)c[nH]c1=O)C(=O)OCCCCCC. The monoisotopic (exact) mass is 497 g/mol. The molecule has 2 aromatic heterocycles.